The van der Waals surface area contributed by atoms with E-state index in [1.165, 1.54) is 11.9 Å². The maximum Gasteiger partial charge on any atom is 0.247 e. The maximum atomic E-state index is 12.3. The Labute approximate surface area is 119 Å². The van der Waals surface area contributed by atoms with Gasteiger partial charge >= 0.3 is 0 Å². The molecule has 1 N–H and O–H groups in total. The average Bonchev–Trinajstić information content (AvgIpc) is 2.89. The molecular weight excluding hydrogens is 258 g/mol. The second-order valence-corrected chi connectivity index (χ2v) is 5.57. The first-order valence-electron chi connectivity index (χ1n) is 6.76. The summed E-state index contributed by atoms with van der Waals surface area (Å²) >= 11 is 0. The predicted octanol–water partition coefficient (Wildman–Crippen LogP) is 0.148. The topological polar surface area (TPSA) is 69.7 Å². The summed E-state index contributed by atoms with van der Waals surface area (Å²) in [5.41, 5.74) is -0.959. The van der Waals surface area contributed by atoms with Crippen LogP contribution in [0.3, 0.4) is 0 Å². The zero-order valence-corrected chi connectivity index (χ0v) is 12.4. The number of carbonyl (C=O) groups is 3. The number of nitrogens with zero attached hydrogens (tertiary/aromatic N) is 2. The SMILES string of the molecule is C=CC(=O)N(C)CC(=O)NC(C)(C)C(=O)N1CCCC1. The molecule has 112 valence electrons. The Morgan fingerprint density at radius 1 is 1.30 bits per heavy atom. The summed E-state index contributed by atoms with van der Waals surface area (Å²) in [5, 5.41) is 2.68. The van der Waals surface area contributed by atoms with Crippen LogP contribution in [0, 0.1) is 0 Å². The van der Waals surface area contributed by atoms with Crippen LogP contribution in [0.5, 0.6) is 0 Å². The highest BCUT2D eigenvalue weighted by atomic mass is 16.2. The first-order valence-corrected chi connectivity index (χ1v) is 6.76. The number of hydrogen-bond acceptors (Lipinski definition) is 3. The molecule has 1 aliphatic heterocycles. The Bertz CT molecular complexity index is 412. The van der Waals surface area contributed by atoms with Gasteiger partial charge < -0.3 is 15.1 Å². The lowest BCUT2D eigenvalue weighted by Gasteiger charge is -2.30. The van der Waals surface area contributed by atoms with Crippen LogP contribution in [-0.2, 0) is 14.4 Å². The van der Waals surface area contributed by atoms with Crippen LogP contribution >= 0.6 is 0 Å². The van der Waals surface area contributed by atoms with E-state index in [0.717, 1.165) is 32.0 Å². The van der Waals surface area contributed by atoms with Crippen molar-refractivity contribution in [2.75, 3.05) is 26.7 Å². The number of rotatable bonds is 5. The van der Waals surface area contributed by atoms with Crippen molar-refractivity contribution in [1.82, 2.24) is 15.1 Å². The van der Waals surface area contributed by atoms with Gasteiger partial charge in [-0.25, -0.2) is 0 Å². The van der Waals surface area contributed by atoms with Gasteiger partial charge in [0.15, 0.2) is 0 Å². The molecule has 1 rings (SSSR count). The van der Waals surface area contributed by atoms with Crippen molar-refractivity contribution >= 4 is 17.7 Å². The lowest BCUT2D eigenvalue weighted by molar-refractivity contribution is -0.140. The van der Waals surface area contributed by atoms with E-state index in [0.29, 0.717) is 0 Å². The Morgan fingerprint density at radius 2 is 1.85 bits per heavy atom. The van der Waals surface area contributed by atoms with Crippen molar-refractivity contribution in [2.24, 2.45) is 0 Å². The van der Waals surface area contributed by atoms with E-state index in [1.807, 2.05) is 0 Å². The van der Waals surface area contributed by atoms with E-state index in [1.54, 1.807) is 18.7 Å². The molecule has 20 heavy (non-hydrogen) atoms. The summed E-state index contributed by atoms with van der Waals surface area (Å²) < 4.78 is 0. The van der Waals surface area contributed by atoms with Crippen LogP contribution < -0.4 is 5.32 Å². The molecule has 1 heterocycles. The predicted molar refractivity (Wildman–Crippen MR) is 75.9 cm³/mol. The summed E-state index contributed by atoms with van der Waals surface area (Å²) in [6.45, 7) is 8.11. The van der Waals surface area contributed by atoms with Gasteiger partial charge in [0.2, 0.25) is 17.7 Å². The van der Waals surface area contributed by atoms with Crippen molar-refractivity contribution in [2.45, 2.75) is 32.2 Å². The van der Waals surface area contributed by atoms with Crippen LogP contribution in [0.1, 0.15) is 26.7 Å². The third-order valence-electron chi connectivity index (χ3n) is 3.31. The monoisotopic (exact) mass is 281 g/mol. The summed E-state index contributed by atoms with van der Waals surface area (Å²) in [6, 6.07) is 0. The van der Waals surface area contributed by atoms with Crippen LogP contribution in [0.4, 0.5) is 0 Å². The van der Waals surface area contributed by atoms with Crippen molar-refractivity contribution < 1.29 is 14.4 Å². The lowest BCUT2D eigenvalue weighted by atomic mass is 10.0. The molecule has 0 aromatic carbocycles. The smallest absolute Gasteiger partial charge is 0.247 e. The molecule has 0 bridgehead atoms. The van der Waals surface area contributed by atoms with Gasteiger partial charge in [0.25, 0.3) is 0 Å². The van der Waals surface area contributed by atoms with Crippen LogP contribution in [0.2, 0.25) is 0 Å². The fourth-order valence-corrected chi connectivity index (χ4v) is 2.21. The van der Waals surface area contributed by atoms with E-state index in [9.17, 15) is 14.4 Å². The average molecular weight is 281 g/mol. The minimum Gasteiger partial charge on any atom is -0.341 e. The van der Waals surface area contributed by atoms with Gasteiger partial charge in [-0.3, -0.25) is 14.4 Å². The molecule has 0 radical (unpaired) electrons. The lowest BCUT2D eigenvalue weighted by Crippen LogP contribution is -2.57. The molecule has 0 saturated carbocycles. The van der Waals surface area contributed by atoms with E-state index in [4.69, 9.17) is 0 Å². The van der Waals surface area contributed by atoms with Crippen molar-refractivity contribution in [3.05, 3.63) is 12.7 Å². The Morgan fingerprint density at radius 3 is 2.35 bits per heavy atom. The van der Waals surface area contributed by atoms with Crippen LogP contribution in [0.15, 0.2) is 12.7 Å². The highest BCUT2D eigenvalue weighted by Crippen LogP contribution is 2.14. The Hall–Kier alpha value is -1.85. The molecule has 0 atom stereocenters. The zero-order valence-electron chi connectivity index (χ0n) is 12.4. The van der Waals surface area contributed by atoms with E-state index in [2.05, 4.69) is 11.9 Å². The fraction of sp³-hybridized carbons (Fsp3) is 0.643. The highest BCUT2D eigenvalue weighted by Gasteiger charge is 2.34. The molecule has 1 fully saturated rings. The van der Waals surface area contributed by atoms with Gasteiger partial charge in [-0.2, -0.15) is 0 Å². The second-order valence-electron chi connectivity index (χ2n) is 5.57. The molecule has 6 heteroatoms. The van der Waals surface area contributed by atoms with Gasteiger partial charge in [-0.05, 0) is 32.8 Å². The normalized spacial score (nSPS) is 14.8. The highest BCUT2D eigenvalue weighted by molar-refractivity contribution is 5.94. The van der Waals surface area contributed by atoms with Gasteiger partial charge in [0.1, 0.15) is 5.54 Å². The Balaban J connectivity index is 2.56. The molecule has 3 amide bonds. The first kappa shape index (κ1) is 16.2. The van der Waals surface area contributed by atoms with Crippen molar-refractivity contribution in [1.29, 1.82) is 0 Å². The molecule has 0 spiro atoms. The number of nitrogens with one attached hydrogen (secondary N) is 1. The summed E-state index contributed by atoms with van der Waals surface area (Å²) in [6.07, 6.45) is 3.16. The molecule has 1 saturated heterocycles. The van der Waals surface area contributed by atoms with Crippen LogP contribution in [-0.4, -0.2) is 59.7 Å². The molecule has 0 aromatic heterocycles. The molecule has 0 aromatic rings. The summed E-state index contributed by atoms with van der Waals surface area (Å²) in [5.74, 6) is -0.773. The number of carbonyl (C=O) groups excluding carboxylic acids is 3. The van der Waals surface area contributed by atoms with E-state index in [-0.39, 0.29) is 24.3 Å². The van der Waals surface area contributed by atoms with E-state index >= 15 is 0 Å². The number of likely N-dealkylation sites (tertiary alicyclic amines) is 1. The fourth-order valence-electron chi connectivity index (χ4n) is 2.21. The summed E-state index contributed by atoms with van der Waals surface area (Å²) in [7, 11) is 1.51. The molecule has 0 aliphatic carbocycles. The molecule has 6 nitrogen and oxygen atoms in total. The minimum atomic E-state index is -0.959. The summed E-state index contributed by atoms with van der Waals surface area (Å²) in [4.78, 5) is 38.5. The molecule has 1 aliphatic rings. The maximum absolute atomic E-state index is 12.3. The molecular formula is C14H23N3O3. The third-order valence-corrected chi connectivity index (χ3v) is 3.31. The van der Waals surface area contributed by atoms with Gasteiger partial charge in [-0.15, -0.1) is 0 Å². The molecule has 0 unspecified atom stereocenters. The minimum absolute atomic E-state index is 0.0824. The first-order chi connectivity index (χ1) is 9.27. The standard InChI is InChI=1S/C14H23N3O3/c1-5-12(19)16(4)10-11(18)15-14(2,3)13(20)17-8-6-7-9-17/h5H,1,6-10H2,2-4H3,(H,15,18). The van der Waals surface area contributed by atoms with Gasteiger partial charge in [-0.1, -0.05) is 6.58 Å². The van der Waals surface area contributed by atoms with Gasteiger partial charge in [0, 0.05) is 20.1 Å². The van der Waals surface area contributed by atoms with Crippen molar-refractivity contribution in [3.8, 4) is 0 Å². The van der Waals surface area contributed by atoms with Crippen LogP contribution in [0.25, 0.3) is 0 Å². The quantitative estimate of drug-likeness (QED) is 0.729. The van der Waals surface area contributed by atoms with Crippen molar-refractivity contribution in [3.63, 3.8) is 0 Å². The third kappa shape index (κ3) is 4.08. The number of hydrogen-bond donors (Lipinski definition) is 1. The van der Waals surface area contributed by atoms with Gasteiger partial charge in [0.05, 0.1) is 6.54 Å². The second kappa shape index (κ2) is 6.54. The zero-order chi connectivity index (χ0) is 15.3. The van der Waals surface area contributed by atoms with E-state index < -0.39 is 5.54 Å². The largest absolute Gasteiger partial charge is 0.341 e. The number of likely N-dealkylation sites (N-methyl/N-ethyl adjacent to an activating group) is 1. The Kier molecular flexibility index (Phi) is 5.30. The number of amides is 3.